The molecule has 86 valence electrons. The maximum absolute atomic E-state index is 11.8. The zero-order valence-electron chi connectivity index (χ0n) is 10.2. The van der Waals surface area contributed by atoms with Crippen LogP contribution in [0.4, 0.5) is 0 Å². The zero-order valence-corrected chi connectivity index (χ0v) is 10.2. The maximum Gasteiger partial charge on any atom is 0.225 e. The molecule has 1 N–H and O–H groups in total. The number of nitrogens with one attached hydrogen (secondary N) is 1. The van der Waals surface area contributed by atoms with Gasteiger partial charge in [0, 0.05) is 0 Å². The van der Waals surface area contributed by atoms with Gasteiger partial charge in [-0.15, -0.1) is 0 Å². The first-order valence-corrected chi connectivity index (χ1v) is 5.43. The Bertz CT molecular complexity index is 379. The second kappa shape index (κ2) is 4.97. The quantitative estimate of drug-likeness (QED) is 0.772. The lowest BCUT2D eigenvalue weighted by Crippen LogP contribution is -2.44. The van der Waals surface area contributed by atoms with Gasteiger partial charge in [-0.1, -0.05) is 42.5 Å². The Morgan fingerprint density at radius 1 is 1.31 bits per heavy atom. The van der Waals surface area contributed by atoms with Gasteiger partial charge in [-0.25, -0.2) is 0 Å². The first-order chi connectivity index (χ1) is 7.42. The molecule has 0 radical (unpaired) electrons. The van der Waals surface area contributed by atoms with Gasteiger partial charge in [0.15, 0.2) is 0 Å². The monoisotopic (exact) mass is 217 g/mol. The second-order valence-corrected chi connectivity index (χ2v) is 4.62. The van der Waals surface area contributed by atoms with Gasteiger partial charge >= 0.3 is 0 Å². The molecule has 0 fully saturated rings. The van der Waals surface area contributed by atoms with E-state index in [1.54, 1.807) is 0 Å². The molecule has 2 heteroatoms. The van der Waals surface area contributed by atoms with Gasteiger partial charge in [-0.2, -0.15) is 0 Å². The molecule has 0 bridgehead atoms. The maximum atomic E-state index is 11.8. The highest BCUT2D eigenvalue weighted by Gasteiger charge is 2.20. The largest absolute Gasteiger partial charge is 0.347 e. The predicted molar refractivity (Wildman–Crippen MR) is 67.2 cm³/mol. The molecule has 2 nitrogen and oxygen atoms in total. The van der Waals surface area contributed by atoms with E-state index in [9.17, 15) is 4.79 Å². The molecule has 16 heavy (non-hydrogen) atoms. The molecule has 0 saturated heterocycles. The van der Waals surface area contributed by atoms with Crippen molar-refractivity contribution < 1.29 is 4.79 Å². The molecule has 0 unspecified atom stereocenters. The molecule has 0 saturated carbocycles. The molecule has 1 aromatic carbocycles. The second-order valence-electron chi connectivity index (χ2n) is 4.62. The van der Waals surface area contributed by atoms with E-state index in [0.717, 1.165) is 11.1 Å². The number of carbonyl (C=O) groups is 1. The third-order valence-electron chi connectivity index (χ3n) is 2.73. The van der Waals surface area contributed by atoms with Crippen LogP contribution in [-0.2, 0) is 11.2 Å². The summed E-state index contributed by atoms with van der Waals surface area (Å²) in [5, 5.41) is 2.97. The van der Waals surface area contributed by atoms with E-state index >= 15 is 0 Å². The molecular formula is C14H19NO. The number of rotatable bonds is 4. The van der Waals surface area contributed by atoms with Crippen molar-refractivity contribution in [3.05, 3.63) is 48.0 Å². The van der Waals surface area contributed by atoms with Crippen molar-refractivity contribution in [2.75, 3.05) is 0 Å². The Balaban J connectivity index is 2.58. The van der Waals surface area contributed by atoms with Crippen molar-refractivity contribution in [2.24, 2.45) is 0 Å². The number of carbonyl (C=O) groups excluding carboxylic acids is 1. The zero-order chi connectivity index (χ0) is 12.2. The highest BCUT2D eigenvalue weighted by molar-refractivity contribution is 5.79. The van der Waals surface area contributed by atoms with E-state index in [2.05, 4.69) is 11.9 Å². The van der Waals surface area contributed by atoms with E-state index in [4.69, 9.17) is 0 Å². The van der Waals surface area contributed by atoms with Crippen LogP contribution in [0, 0.1) is 0 Å². The first-order valence-electron chi connectivity index (χ1n) is 5.43. The molecule has 1 rings (SSSR count). The van der Waals surface area contributed by atoms with Gasteiger partial charge < -0.3 is 5.32 Å². The van der Waals surface area contributed by atoms with E-state index in [0.29, 0.717) is 6.42 Å². The average Bonchev–Trinajstić information content (AvgIpc) is 2.17. The van der Waals surface area contributed by atoms with Crippen molar-refractivity contribution >= 4 is 5.91 Å². The minimum absolute atomic E-state index is 0.0270. The van der Waals surface area contributed by atoms with Crippen LogP contribution < -0.4 is 5.32 Å². The molecule has 0 aromatic heterocycles. The minimum atomic E-state index is -0.341. The molecule has 1 amide bonds. The van der Waals surface area contributed by atoms with Gasteiger partial charge in [-0.05, 0) is 26.3 Å². The summed E-state index contributed by atoms with van der Waals surface area (Å²) in [6.45, 7) is 9.70. The summed E-state index contributed by atoms with van der Waals surface area (Å²) in [6.07, 6.45) is 0.414. The fraction of sp³-hybridized carbons (Fsp3) is 0.357. The minimum Gasteiger partial charge on any atom is -0.347 e. The molecule has 1 aromatic rings. The van der Waals surface area contributed by atoms with Crippen molar-refractivity contribution in [2.45, 2.75) is 32.7 Å². The smallest absolute Gasteiger partial charge is 0.225 e. The number of amides is 1. The van der Waals surface area contributed by atoms with E-state index in [1.807, 2.05) is 51.1 Å². The van der Waals surface area contributed by atoms with Gasteiger partial charge in [0.2, 0.25) is 5.91 Å². The van der Waals surface area contributed by atoms with Crippen LogP contribution in [-0.4, -0.2) is 11.4 Å². The Hall–Kier alpha value is -1.57. The lowest BCUT2D eigenvalue weighted by atomic mass is 9.96. The van der Waals surface area contributed by atoms with Gasteiger partial charge in [-0.3, -0.25) is 4.79 Å². The van der Waals surface area contributed by atoms with Crippen molar-refractivity contribution in [3.8, 4) is 0 Å². The first kappa shape index (κ1) is 12.5. The summed E-state index contributed by atoms with van der Waals surface area (Å²) in [5.74, 6) is 0.0270. The van der Waals surface area contributed by atoms with Crippen LogP contribution in [0.25, 0.3) is 0 Å². The van der Waals surface area contributed by atoms with Crippen LogP contribution in [0.5, 0.6) is 0 Å². The molecular weight excluding hydrogens is 198 g/mol. The SMILES string of the molecule is C=C(C)C(C)(C)NC(=O)Cc1ccccc1. The standard InChI is InChI=1S/C14H19NO/c1-11(2)14(3,4)15-13(16)10-12-8-6-5-7-9-12/h5-9H,1,10H2,2-4H3,(H,15,16). The summed E-state index contributed by atoms with van der Waals surface area (Å²) in [5.41, 5.74) is 1.64. The molecule has 0 aliphatic carbocycles. The molecule has 0 atom stereocenters. The van der Waals surface area contributed by atoms with Crippen molar-refractivity contribution in [1.29, 1.82) is 0 Å². The van der Waals surface area contributed by atoms with Crippen LogP contribution in [0.1, 0.15) is 26.3 Å². The third kappa shape index (κ3) is 3.54. The average molecular weight is 217 g/mol. The highest BCUT2D eigenvalue weighted by atomic mass is 16.1. The summed E-state index contributed by atoms with van der Waals surface area (Å²) in [4.78, 5) is 11.8. The third-order valence-corrected chi connectivity index (χ3v) is 2.73. The number of benzene rings is 1. The van der Waals surface area contributed by atoms with Crippen LogP contribution in [0.2, 0.25) is 0 Å². The molecule has 0 aliphatic heterocycles. The summed E-state index contributed by atoms with van der Waals surface area (Å²) in [6, 6.07) is 9.72. The highest BCUT2D eigenvalue weighted by Crippen LogP contribution is 2.13. The summed E-state index contributed by atoms with van der Waals surface area (Å²) in [7, 11) is 0. The van der Waals surface area contributed by atoms with Gasteiger partial charge in [0.1, 0.15) is 0 Å². The Morgan fingerprint density at radius 2 is 1.88 bits per heavy atom. The van der Waals surface area contributed by atoms with E-state index < -0.39 is 0 Å². The Labute approximate surface area is 97.4 Å². The van der Waals surface area contributed by atoms with Gasteiger partial charge in [0.05, 0.1) is 12.0 Å². The molecule has 0 spiro atoms. The Kier molecular flexibility index (Phi) is 3.88. The van der Waals surface area contributed by atoms with Gasteiger partial charge in [0.25, 0.3) is 0 Å². The van der Waals surface area contributed by atoms with Crippen molar-refractivity contribution in [3.63, 3.8) is 0 Å². The fourth-order valence-corrected chi connectivity index (χ4v) is 1.28. The molecule has 0 heterocycles. The lowest BCUT2D eigenvalue weighted by molar-refractivity contribution is -0.121. The van der Waals surface area contributed by atoms with E-state index in [1.165, 1.54) is 0 Å². The van der Waals surface area contributed by atoms with Crippen LogP contribution >= 0.6 is 0 Å². The topological polar surface area (TPSA) is 29.1 Å². The number of hydrogen-bond acceptors (Lipinski definition) is 1. The summed E-state index contributed by atoms with van der Waals surface area (Å²) >= 11 is 0. The number of hydrogen-bond donors (Lipinski definition) is 1. The van der Waals surface area contributed by atoms with E-state index in [-0.39, 0.29) is 11.4 Å². The fourth-order valence-electron chi connectivity index (χ4n) is 1.28. The Morgan fingerprint density at radius 3 is 2.38 bits per heavy atom. The lowest BCUT2D eigenvalue weighted by Gasteiger charge is -2.26. The predicted octanol–water partition coefficient (Wildman–Crippen LogP) is 2.70. The summed E-state index contributed by atoms with van der Waals surface area (Å²) < 4.78 is 0. The van der Waals surface area contributed by atoms with Crippen LogP contribution in [0.3, 0.4) is 0 Å². The normalized spacial score (nSPS) is 10.9. The van der Waals surface area contributed by atoms with Crippen LogP contribution in [0.15, 0.2) is 42.5 Å². The molecule has 0 aliphatic rings. The van der Waals surface area contributed by atoms with Crippen molar-refractivity contribution in [1.82, 2.24) is 5.32 Å².